The van der Waals surface area contributed by atoms with E-state index in [9.17, 15) is 5.11 Å². The van der Waals surface area contributed by atoms with Crippen LogP contribution in [0.5, 0.6) is 5.75 Å². The monoisotopic (exact) mass is 185 g/mol. The summed E-state index contributed by atoms with van der Waals surface area (Å²) in [7, 11) is 0. The Labute approximate surface area is 80.0 Å². The molecule has 14 heavy (non-hydrogen) atoms. The Morgan fingerprint density at radius 1 is 1.07 bits per heavy atom. The van der Waals surface area contributed by atoms with Gasteiger partial charge in [0.25, 0.3) is 0 Å². The van der Waals surface area contributed by atoms with Gasteiger partial charge in [0, 0.05) is 16.0 Å². The highest BCUT2D eigenvalue weighted by molar-refractivity contribution is 5.96. The summed E-state index contributed by atoms with van der Waals surface area (Å²) < 4.78 is 0. The molecule has 0 aliphatic rings. The van der Waals surface area contributed by atoms with Gasteiger partial charge >= 0.3 is 0 Å². The third-order valence-corrected chi connectivity index (χ3v) is 2.03. The van der Waals surface area contributed by atoms with Crippen LogP contribution in [-0.2, 0) is 0 Å². The van der Waals surface area contributed by atoms with Crippen LogP contribution in [0, 0.1) is 0 Å². The lowest BCUT2D eigenvalue weighted by Crippen LogP contribution is -1.73. The van der Waals surface area contributed by atoms with Gasteiger partial charge in [0.15, 0.2) is 0 Å². The highest BCUT2D eigenvalue weighted by atomic mass is 16.3. The fraction of sp³-hybridized carbons (Fsp3) is 0. The molecule has 2 aromatic carbocycles. The van der Waals surface area contributed by atoms with E-state index in [0.29, 0.717) is 11.1 Å². The predicted octanol–water partition coefficient (Wildman–Crippen LogP) is 3.49. The molecule has 0 saturated carbocycles. The van der Waals surface area contributed by atoms with Gasteiger partial charge in [-0.25, -0.2) is 0 Å². The van der Waals surface area contributed by atoms with Gasteiger partial charge in [-0.15, -0.1) is 0 Å². The molecule has 0 saturated heterocycles. The lowest BCUT2D eigenvalue weighted by molar-refractivity contribution is 0.481. The number of hydrogen-bond donors (Lipinski definition) is 1. The van der Waals surface area contributed by atoms with Gasteiger partial charge in [0.2, 0.25) is 0 Å². The molecule has 0 spiro atoms. The molecule has 0 unspecified atom stereocenters. The molecule has 0 atom stereocenters. The van der Waals surface area contributed by atoms with Crippen molar-refractivity contribution in [3.8, 4) is 5.75 Å². The van der Waals surface area contributed by atoms with E-state index in [-0.39, 0.29) is 5.75 Å². The number of hydrogen-bond acceptors (Lipinski definition) is 2. The van der Waals surface area contributed by atoms with Crippen LogP contribution in [0.15, 0.2) is 41.5 Å². The van der Waals surface area contributed by atoms with Gasteiger partial charge in [-0.1, -0.05) is 29.4 Å². The number of fused-ring (bicyclic) bond motifs is 1. The fourth-order valence-electron chi connectivity index (χ4n) is 1.40. The van der Waals surface area contributed by atoms with Gasteiger partial charge in [0.05, 0.1) is 0 Å². The quantitative estimate of drug-likeness (QED) is 0.412. The normalized spacial score (nSPS) is 9.71. The molecule has 0 aromatic heterocycles. The second-order valence-corrected chi connectivity index (χ2v) is 2.84. The minimum absolute atomic E-state index is 0.192. The molecule has 0 heterocycles. The third kappa shape index (κ3) is 1.24. The van der Waals surface area contributed by atoms with Crippen molar-refractivity contribution in [3.63, 3.8) is 0 Å². The van der Waals surface area contributed by atoms with Crippen LogP contribution < -0.4 is 0 Å². The molecule has 0 fully saturated rings. The molecule has 0 aliphatic heterocycles. The van der Waals surface area contributed by atoms with Gasteiger partial charge in [-0.05, 0) is 23.1 Å². The smallest absolute Gasteiger partial charge is 0.123 e. The van der Waals surface area contributed by atoms with E-state index in [1.807, 2.05) is 12.1 Å². The van der Waals surface area contributed by atoms with E-state index < -0.39 is 0 Å². The van der Waals surface area contributed by atoms with Crippen LogP contribution in [-0.4, -0.2) is 5.11 Å². The Bertz CT molecular complexity index is 530. The molecule has 0 bridgehead atoms. The first-order valence-electron chi connectivity index (χ1n) is 4.09. The molecular weight excluding hydrogens is 178 g/mol. The maximum Gasteiger partial charge on any atom is 0.123 e. The molecule has 2 rings (SSSR count). The standard InChI is InChI=1S/C10H7N3O/c11-13-12-9-5-6-10(14)8-4-2-1-3-7(8)9/h1-6,14H. The Kier molecular flexibility index (Phi) is 1.97. The zero-order valence-corrected chi connectivity index (χ0v) is 7.25. The van der Waals surface area contributed by atoms with E-state index in [4.69, 9.17) is 5.53 Å². The molecule has 4 heteroatoms. The lowest BCUT2D eigenvalue weighted by atomic mass is 10.1. The predicted molar refractivity (Wildman–Crippen MR) is 54.4 cm³/mol. The van der Waals surface area contributed by atoms with Crippen LogP contribution >= 0.6 is 0 Å². The second kappa shape index (κ2) is 3.28. The summed E-state index contributed by atoms with van der Waals surface area (Å²) in [5.41, 5.74) is 8.87. The molecule has 0 amide bonds. The maximum atomic E-state index is 9.53. The summed E-state index contributed by atoms with van der Waals surface area (Å²) in [6.07, 6.45) is 0. The number of phenolic OH excluding ortho intramolecular Hbond substituents is 1. The van der Waals surface area contributed by atoms with E-state index in [0.717, 1.165) is 5.39 Å². The summed E-state index contributed by atoms with van der Waals surface area (Å²) >= 11 is 0. The van der Waals surface area contributed by atoms with Crippen molar-refractivity contribution in [2.45, 2.75) is 0 Å². The van der Waals surface area contributed by atoms with E-state index in [1.54, 1.807) is 18.2 Å². The van der Waals surface area contributed by atoms with E-state index >= 15 is 0 Å². The molecule has 2 aromatic rings. The molecule has 68 valence electrons. The van der Waals surface area contributed by atoms with Gasteiger partial charge in [-0.3, -0.25) is 0 Å². The van der Waals surface area contributed by atoms with Crippen molar-refractivity contribution in [2.24, 2.45) is 5.11 Å². The Morgan fingerprint density at radius 2 is 1.79 bits per heavy atom. The zero-order valence-electron chi connectivity index (χ0n) is 7.25. The first-order valence-corrected chi connectivity index (χ1v) is 4.09. The van der Waals surface area contributed by atoms with Crippen LogP contribution in [0.4, 0.5) is 5.69 Å². The molecular formula is C10H7N3O. The lowest BCUT2D eigenvalue weighted by Gasteiger charge is -2.02. The van der Waals surface area contributed by atoms with Gasteiger partial charge in [-0.2, -0.15) is 0 Å². The average Bonchev–Trinajstić information content (AvgIpc) is 2.23. The van der Waals surface area contributed by atoms with Crippen LogP contribution in [0.25, 0.3) is 21.2 Å². The highest BCUT2D eigenvalue weighted by Crippen LogP contribution is 2.32. The number of rotatable bonds is 1. The number of phenols is 1. The first kappa shape index (κ1) is 8.41. The summed E-state index contributed by atoms with van der Waals surface area (Å²) in [6, 6.07) is 10.4. The van der Waals surface area contributed by atoms with Gasteiger partial charge < -0.3 is 5.11 Å². The first-order chi connectivity index (χ1) is 6.83. The average molecular weight is 185 g/mol. The van der Waals surface area contributed by atoms with Crippen LogP contribution in [0.2, 0.25) is 0 Å². The fourth-order valence-corrected chi connectivity index (χ4v) is 1.40. The van der Waals surface area contributed by atoms with Crippen LogP contribution in [0.1, 0.15) is 0 Å². The topological polar surface area (TPSA) is 69.0 Å². The number of benzene rings is 2. The maximum absolute atomic E-state index is 9.53. The van der Waals surface area contributed by atoms with Crippen molar-refractivity contribution in [3.05, 3.63) is 46.8 Å². The van der Waals surface area contributed by atoms with Gasteiger partial charge in [0.1, 0.15) is 5.75 Å². The SMILES string of the molecule is [N-]=[N+]=Nc1ccc(O)c2ccccc12. The minimum atomic E-state index is 0.192. The summed E-state index contributed by atoms with van der Waals surface area (Å²) in [6.45, 7) is 0. The Balaban J connectivity index is 2.88. The van der Waals surface area contributed by atoms with Crippen molar-refractivity contribution in [1.29, 1.82) is 0 Å². The number of nitrogens with zero attached hydrogens (tertiary/aromatic N) is 3. The van der Waals surface area contributed by atoms with Crippen molar-refractivity contribution in [2.75, 3.05) is 0 Å². The molecule has 4 nitrogen and oxygen atoms in total. The minimum Gasteiger partial charge on any atom is -0.507 e. The van der Waals surface area contributed by atoms with Crippen molar-refractivity contribution < 1.29 is 5.11 Å². The van der Waals surface area contributed by atoms with E-state index in [1.165, 1.54) is 6.07 Å². The second-order valence-electron chi connectivity index (χ2n) is 2.84. The third-order valence-electron chi connectivity index (χ3n) is 2.03. The number of azide groups is 1. The zero-order chi connectivity index (χ0) is 9.97. The summed E-state index contributed by atoms with van der Waals surface area (Å²) in [5.74, 6) is 0.192. The number of aromatic hydroxyl groups is 1. The summed E-state index contributed by atoms with van der Waals surface area (Å²) in [4.78, 5) is 2.73. The van der Waals surface area contributed by atoms with E-state index in [2.05, 4.69) is 10.0 Å². The Morgan fingerprint density at radius 3 is 2.50 bits per heavy atom. The van der Waals surface area contributed by atoms with Crippen LogP contribution in [0.3, 0.4) is 0 Å². The molecule has 1 N–H and O–H groups in total. The highest BCUT2D eigenvalue weighted by Gasteiger charge is 2.01. The molecule has 0 radical (unpaired) electrons. The largest absolute Gasteiger partial charge is 0.507 e. The van der Waals surface area contributed by atoms with Crippen molar-refractivity contribution >= 4 is 16.5 Å². The van der Waals surface area contributed by atoms with Crippen molar-refractivity contribution in [1.82, 2.24) is 0 Å². The molecule has 0 aliphatic carbocycles. The Hall–Kier alpha value is -2.19. The summed E-state index contributed by atoms with van der Waals surface area (Å²) in [5, 5.41) is 14.5.